The van der Waals surface area contributed by atoms with Gasteiger partial charge in [-0.2, -0.15) is 13.2 Å². The van der Waals surface area contributed by atoms with Crippen LogP contribution in [0.3, 0.4) is 0 Å². The minimum Gasteiger partial charge on any atom is -0.224 e. The zero-order chi connectivity index (χ0) is 19.5. The highest BCUT2D eigenvalue weighted by atomic mass is 32.2. The number of alkyl halides is 3. The zero-order valence-corrected chi connectivity index (χ0v) is 15.6. The van der Waals surface area contributed by atoms with Crippen molar-refractivity contribution in [3.8, 4) is 0 Å². The molecular formula is C18H15F3N2O2S2. The quantitative estimate of drug-likeness (QED) is 0.336. The van der Waals surface area contributed by atoms with Crippen LogP contribution in [0.4, 0.5) is 13.2 Å². The summed E-state index contributed by atoms with van der Waals surface area (Å²) >= 11 is 1.10. The Balaban J connectivity index is 1.74. The topological polar surface area (TPSA) is 59.9 Å². The molecule has 3 aromatic rings. The van der Waals surface area contributed by atoms with E-state index in [1.54, 1.807) is 36.4 Å². The number of para-hydroxylation sites is 1. The highest BCUT2D eigenvalue weighted by Crippen LogP contribution is 2.32. The lowest BCUT2D eigenvalue weighted by Crippen LogP contribution is -2.12. The number of hydrogen-bond donors (Lipinski definition) is 0. The van der Waals surface area contributed by atoms with Crippen molar-refractivity contribution in [2.45, 2.75) is 22.5 Å². The Morgan fingerprint density at radius 2 is 1.59 bits per heavy atom. The van der Waals surface area contributed by atoms with Gasteiger partial charge < -0.3 is 0 Å². The fourth-order valence-electron chi connectivity index (χ4n) is 2.45. The highest BCUT2D eigenvalue weighted by molar-refractivity contribution is 7.99. The van der Waals surface area contributed by atoms with Gasteiger partial charge in [0.05, 0.1) is 16.2 Å². The largest absolute Gasteiger partial charge is 0.451 e. The Hall–Kier alpha value is -2.13. The monoisotopic (exact) mass is 412 g/mol. The molecule has 4 nitrogen and oxygen atoms in total. The first-order valence-corrected chi connectivity index (χ1v) is 10.7. The molecule has 0 aliphatic carbocycles. The first-order chi connectivity index (χ1) is 12.8. The standard InChI is InChI=1S/C18H15F3N2O2S2/c19-18(20,21)17-22-15-10-5-4-9-14(15)16(23-17)26-11-6-12-27(24,25)13-7-2-1-3-8-13/h1-5,7-10H,6,11-12H2. The first kappa shape index (κ1) is 19.6. The van der Waals surface area contributed by atoms with Crippen molar-refractivity contribution in [2.24, 2.45) is 0 Å². The molecule has 142 valence electrons. The number of nitrogens with zero attached hydrogens (tertiary/aromatic N) is 2. The molecule has 0 aliphatic rings. The van der Waals surface area contributed by atoms with Crippen molar-refractivity contribution >= 4 is 32.5 Å². The highest BCUT2D eigenvalue weighted by Gasteiger charge is 2.35. The molecule has 0 N–H and O–H groups in total. The second-order valence-electron chi connectivity index (χ2n) is 5.70. The van der Waals surface area contributed by atoms with E-state index in [-0.39, 0.29) is 21.2 Å². The fourth-order valence-corrected chi connectivity index (χ4v) is 4.92. The summed E-state index contributed by atoms with van der Waals surface area (Å²) in [7, 11) is -3.41. The van der Waals surface area contributed by atoms with Gasteiger partial charge in [0, 0.05) is 11.1 Å². The van der Waals surface area contributed by atoms with Crippen LogP contribution in [0.2, 0.25) is 0 Å². The van der Waals surface area contributed by atoms with E-state index in [0.717, 1.165) is 11.8 Å². The van der Waals surface area contributed by atoms with Crippen LogP contribution in [0, 0.1) is 0 Å². The molecule has 9 heteroatoms. The minimum absolute atomic E-state index is 0.0842. The van der Waals surface area contributed by atoms with Gasteiger partial charge in [-0.25, -0.2) is 18.4 Å². The molecule has 27 heavy (non-hydrogen) atoms. The molecule has 0 aliphatic heterocycles. The number of aromatic nitrogens is 2. The Kier molecular flexibility index (Phi) is 5.71. The third-order valence-corrected chi connectivity index (χ3v) is 6.61. The predicted molar refractivity (Wildman–Crippen MR) is 98.4 cm³/mol. The Labute approximate surface area is 158 Å². The van der Waals surface area contributed by atoms with Crippen LogP contribution < -0.4 is 0 Å². The van der Waals surface area contributed by atoms with Crippen LogP contribution in [0.5, 0.6) is 0 Å². The third kappa shape index (κ3) is 4.78. The summed E-state index contributed by atoms with van der Waals surface area (Å²) in [4.78, 5) is 7.45. The van der Waals surface area contributed by atoms with Crippen molar-refractivity contribution in [3.05, 3.63) is 60.4 Å². The smallest absolute Gasteiger partial charge is 0.224 e. The first-order valence-electron chi connectivity index (χ1n) is 8.02. The van der Waals surface area contributed by atoms with Crippen molar-refractivity contribution in [3.63, 3.8) is 0 Å². The maximum absolute atomic E-state index is 13.0. The van der Waals surface area contributed by atoms with Crippen LogP contribution >= 0.6 is 11.8 Å². The van der Waals surface area contributed by atoms with E-state index in [1.807, 2.05) is 0 Å². The Morgan fingerprint density at radius 1 is 0.926 bits per heavy atom. The average molecular weight is 412 g/mol. The van der Waals surface area contributed by atoms with E-state index < -0.39 is 21.8 Å². The van der Waals surface area contributed by atoms with E-state index in [0.29, 0.717) is 17.6 Å². The molecule has 0 fully saturated rings. The molecule has 3 rings (SSSR count). The number of thioether (sulfide) groups is 1. The van der Waals surface area contributed by atoms with E-state index in [9.17, 15) is 21.6 Å². The van der Waals surface area contributed by atoms with Crippen LogP contribution in [0.15, 0.2) is 64.5 Å². The summed E-state index contributed by atoms with van der Waals surface area (Å²) in [5, 5.41) is 0.714. The predicted octanol–water partition coefficient (Wildman–Crippen LogP) is 4.60. The van der Waals surface area contributed by atoms with Gasteiger partial charge in [-0.05, 0) is 24.6 Å². The number of benzene rings is 2. The molecule has 2 aromatic carbocycles. The molecular weight excluding hydrogens is 397 g/mol. The molecule has 1 aromatic heterocycles. The van der Waals surface area contributed by atoms with Crippen molar-refractivity contribution in [1.29, 1.82) is 0 Å². The summed E-state index contributed by atoms with van der Waals surface area (Å²) in [6.45, 7) is 0. The van der Waals surface area contributed by atoms with Crippen LogP contribution in [0.25, 0.3) is 10.9 Å². The number of sulfone groups is 1. The second-order valence-corrected chi connectivity index (χ2v) is 8.89. The van der Waals surface area contributed by atoms with Gasteiger partial charge in [0.25, 0.3) is 0 Å². The molecule has 0 saturated heterocycles. The van der Waals surface area contributed by atoms with Gasteiger partial charge in [-0.15, -0.1) is 11.8 Å². The molecule has 0 bridgehead atoms. The van der Waals surface area contributed by atoms with Crippen molar-refractivity contribution in [1.82, 2.24) is 9.97 Å². The number of hydrogen-bond acceptors (Lipinski definition) is 5. The lowest BCUT2D eigenvalue weighted by atomic mass is 10.2. The van der Waals surface area contributed by atoms with E-state index in [4.69, 9.17) is 0 Å². The SMILES string of the molecule is O=S(=O)(CCCSc1nc(C(F)(F)F)nc2ccccc12)c1ccccc1. The number of fused-ring (bicyclic) bond motifs is 1. The van der Waals surface area contributed by atoms with E-state index >= 15 is 0 Å². The van der Waals surface area contributed by atoms with Gasteiger partial charge in [-0.3, -0.25) is 0 Å². The van der Waals surface area contributed by atoms with Crippen molar-refractivity contribution in [2.75, 3.05) is 11.5 Å². The van der Waals surface area contributed by atoms with Gasteiger partial charge in [-0.1, -0.05) is 36.4 Å². The van der Waals surface area contributed by atoms with Crippen molar-refractivity contribution < 1.29 is 21.6 Å². The Morgan fingerprint density at radius 3 is 2.30 bits per heavy atom. The molecule has 0 unspecified atom stereocenters. The minimum atomic E-state index is -4.64. The third-order valence-electron chi connectivity index (χ3n) is 3.72. The molecule has 0 saturated carbocycles. The summed E-state index contributed by atoms with van der Waals surface area (Å²) in [6, 6.07) is 14.5. The van der Waals surface area contributed by atoms with Crippen LogP contribution in [-0.4, -0.2) is 29.9 Å². The summed E-state index contributed by atoms with van der Waals surface area (Å²) < 4.78 is 63.6. The lowest BCUT2D eigenvalue weighted by molar-refractivity contribution is -0.145. The van der Waals surface area contributed by atoms with Gasteiger partial charge in [0.15, 0.2) is 9.84 Å². The van der Waals surface area contributed by atoms with E-state index in [2.05, 4.69) is 9.97 Å². The zero-order valence-electron chi connectivity index (χ0n) is 14.0. The maximum Gasteiger partial charge on any atom is 0.451 e. The van der Waals surface area contributed by atoms with E-state index in [1.165, 1.54) is 18.2 Å². The molecule has 0 amide bonds. The van der Waals surface area contributed by atoms with Gasteiger partial charge >= 0.3 is 6.18 Å². The second kappa shape index (κ2) is 7.85. The van der Waals surface area contributed by atoms with Crippen LogP contribution in [-0.2, 0) is 16.0 Å². The Bertz CT molecular complexity index is 1040. The molecule has 0 radical (unpaired) electrons. The van der Waals surface area contributed by atoms with Gasteiger partial charge in [0.2, 0.25) is 5.82 Å². The summed E-state index contributed by atoms with van der Waals surface area (Å²) in [6.07, 6.45) is -4.35. The normalized spacial score (nSPS) is 12.4. The molecule has 1 heterocycles. The molecule has 0 atom stereocenters. The molecule has 0 spiro atoms. The number of halogens is 3. The summed E-state index contributed by atoms with van der Waals surface area (Å²) in [5.74, 6) is -0.954. The number of rotatable bonds is 6. The average Bonchev–Trinajstić information content (AvgIpc) is 2.65. The van der Waals surface area contributed by atoms with Gasteiger partial charge in [0.1, 0.15) is 5.03 Å². The summed E-state index contributed by atoms with van der Waals surface area (Å²) in [5.41, 5.74) is 0.208. The maximum atomic E-state index is 13.0. The van der Waals surface area contributed by atoms with Crippen LogP contribution in [0.1, 0.15) is 12.2 Å². The lowest BCUT2D eigenvalue weighted by Gasteiger charge is -2.10. The fraction of sp³-hybridized carbons (Fsp3) is 0.222.